The van der Waals surface area contributed by atoms with Crippen LogP contribution in [0.25, 0.3) is 295 Å². The van der Waals surface area contributed by atoms with Crippen LogP contribution in [0.5, 0.6) is 0 Å². The summed E-state index contributed by atoms with van der Waals surface area (Å²) in [4.78, 5) is 40.5. The number of benzene rings is 19. The van der Waals surface area contributed by atoms with Gasteiger partial charge in [0.05, 0.1) is 38.4 Å². The first kappa shape index (κ1) is 83.7. The topological polar surface area (TPSA) is 197 Å². The summed E-state index contributed by atoms with van der Waals surface area (Å²) in [5, 5.41) is 15.3. The summed E-state index contributed by atoms with van der Waals surface area (Å²) >= 11 is 0. The summed E-state index contributed by atoms with van der Waals surface area (Å²) in [5.74, 6) is 7.35. The fourth-order valence-corrected chi connectivity index (χ4v) is 21.4. The fraction of sp³-hybridized carbons (Fsp3) is 0. The minimum atomic E-state index is 0.500. The molecule has 31 aromatic rings. The second-order valence-corrected chi connectivity index (χ2v) is 36.6. The molecule has 0 bridgehead atoms. The number of hydrogen-bond acceptors (Lipinski definition) is 14. The van der Waals surface area contributed by atoms with Crippen LogP contribution in [0.1, 0.15) is 0 Å². The lowest BCUT2D eigenvalue weighted by atomic mass is 10.0. The van der Waals surface area contributed by atoms with Crippen LogP contribution in [0.2, 0.25) is 0 Å². The zero-order valence-corrected chi connectivity index (χ0v) is 78.3. The van der Waals surface area contributed by atoms with Crippen molar-refractivity contribution in [3.63, 3.8) is 0 Å². The van der Waals surface area contributed by atoms with Crippen molar-refractivity contribution in [3.05, 3.63) is 467 Å². The van der Waals surface area contributed by atoms with Crippen molar-refractivity contribution in [2.75, 3.05) is 0 Å². The average Bonchev–Trinajstić information content (AvgIpc) is 1.54. The highest BCUT2D eigenvalue weighted by atomic mass is 16.4. The summed E-state index contributed by atoms with van der Waals surface area (Å²) in [7, 11) is 0. The minimum Gasteiger partial charge on any atom is -0.455 e. The summed E-state index contributed by atoms with van der Waals surface area (Å²) in [6.07, 6.45) is 0. The first-order valence-electron chi connectivity index (χ1n) is 48.8. The molecule has 0 radical (unpaired) electrons. The van der Waals surface area contributed by atoms with Crippen LogP contribution in [-0.2, 0) is 0 Å². The van der Waals surface area contributed by atoms with E-state index < -0.39 is 0 Å². The summed E-state index contributed by atoms with van der Waals surface area (Å²) in [6.45, 7) is 0. The van der Waals surface area contributed by atoms with E-state index >= 15 is 0 Å². The third-order valence-electron chi connectivity index (χ3n) is 27.9. The highest BCUT2D eigenvalue weighted by molar-refractivity contribution is 6.37. The quantitative estimate of drug-likeness (QED) is 0.106. The summed E-state index contributed by atoms with van der Waals surface area (Å²) < 4.78 is 47.6. The van der Waals surface area contributed by atoms with Crippen LogP contribution in [0.4, 0.5) is 0 Å². The van der Waals surface area contributed by atoms with E-state index in [-0.39, 0.29) is 0 Å². The van der Waals surface area contributed by atoms with Gasteiger partial charge < -0.3 is 31.1 Å². The Bertz CT molecular complexity index is 10100. The Morgan fingerprint density at radius 3 is 0.803 bits per heavy atom. The predicted molar refractivity (Wildman–Crippen MR) is 590 cm³/mol. The molecule has 0 aliphatic heterocycles. The summed E-state index contributed by atoms with van der Waals surface area (Å²) in [6, 6.07) is 158. The Hall–Kier alpha value is -20.3. The number of rotatable bonds is 13. The van der Waals surface area contributed by atoms with Gasteiger partial charge in [0.2, 0.25) is 5.95 Å². The molecule has 0 fully saturated rings. The van der Waals surface area contributed by atoms with Crippen molar-refractivity contribution < 1.29 is 26.5 Å². The van der Waals surface area contributed by atoms with Crippen molar-refractivity contribution in [3.8, 4) is 131 Å². The summed E-state index contributed by atoms with van der Waals surface area (Å²) in [5.41, 5.74) is 24.3. The molecule has 17 nitrogen and oxygen atoms in total. The lowest BCUT2D eigenvalue weighted by molar-refractivity contribution is 0.634. The van der Waals surface area contributed by atoms with Crippen LogP contribution < -0.4 is 0 Å². The Morgan fingerprint density at radius 1 is 0.163 bits per heavy atom. The van der Waals surface area contributed by atoms with Gasteiger partial charge in [-0.15, -0.1) is 0 Å². The number of nitrogens with zero attached hydrogens (tertiary/aromatic N) is 11. The van der Waals surface area contributed by atoms with Crippen LogP contribution in [0, 0.1) is 0 Å². The first-order valence-corrected chi connectivity index (χ1v) is 48.8. The van der Waals surface area contributed by atoms with Crippen LogP contribution in [-0.4, -0.2) is 53.6 Å². The largest absolute Gasteiger partial charge is 0.455 e. The molecule has 0 aliphatic rings. The number of fused-ring (bicyclic) bond motifs is 30. The zero-order chi connectivity index (χ0) is 96.7. The number of aromatic nitrogens is 11. The van der Waals surface area contributed by atoms with Crippen molar-refractivity contribution in [1.82, 2.24) is 53.6 Å². The maximum absolute atomic E-state index is 6.87. The Balaban J connectivity index is 0.000000104. The van der Waals surface area contributed by atoms with Gasteiger partial charge in [-0.2, -0.15) is 9.97 Å². The molecule has 0 aliphatic carbocycles. The van der Waals surface area contributed by atoms with Gasteiger partial charge in [0.15, 0.2) is 51.7 Å². The number of para-hydroxylation sites is 6. The van der Waals surface area contributed by atoms with Crippen molar-refractivity contribution in [2.24, 2.45) is 0 Å². The van der Waals surface area contributed by atoms with E-state index in [0.717, 1.165) is 254 Å². The van der Waals surface area contributed by atoms with E-state index in [9.17, 15) is 0 Å². The van der Waals surface area contributed by atoms with Gasteiger partial charge >= 0.3 is 0 Å². The Kier molecular flexibility index (Phi) is 19.5. The van der Waals surface area contributed by atoms with Gasteiger partial charge in [-0.1, -0.05) is 394 Å². The standard InChI is InChI=1S/C47H28N4O2.C42H25N3O2.C41H24N4O2/c1-4-15-29(16-5-1)39-28-36-40-35-24-11-13-26-38(35)52-44(40)42-41(43(36)53-39)34-23-10-12-25-37(34)51(42)33-22-14-21-32(27-33)47-49-45(30-17-6-2-7-18-30)48-46(50-47)31-19-8-3-9-20-31;1-4-14-26(15-5-1)32-25-36(44-42(43-32)28-18-8-3-9-19-28)45-33-22-12-10-20-29(33)38-39(45)41-37(30-21-11-13-23-34(30)46-41)31-24-35(47-40(31)38)27-16-6-2-7-17-27;1-4-14-25(15-5-1)33-24-30-34-29-21-11-13-23-32(29)46-38(34)36-35(37(30)47-33)28-20-10-12-22-31(28)45(36)41-43-39(26-16-6-2-7-17-26)42-40(44-41)27-18-8-3-9-19-27/h1-28H;1-25H;1-24H. The average molecular weight is 1890 g/mol. The van der Waals surface area contributed by atoms with Gasteiger partial charge in [0.1, 0.15) is 73.1 Å². The lowest BCUT2D eigenvalue weighted by Gasteiger charge is -2.12. The van der Waals surface area contributed by atoms with E-state index in [2.05, 4.69) is 220 Å². The molecule has 688 valence electrons. The molecule has 12 heterocycles. The number of furan rings is 6. The Morgan fingerprint density at radius 2 is 0.435 bits per heavy atom. The first-order chi connectivity index (χ1) is 72.9. The minimum absolute atomic E-state index is 0.500. The zero-order valence-electron chi connectivity index (χ0n) is 78.3. The molecule has 12 aromatic heterocycles. The third-order valence-corrected chi connectivity index (χ3v) is 27.9. The maximum Gasteiger partial charge on any atom is 0.238 e. The molecule has 0 saturated heterocycles. The smallest absolute Gasteiger partial charge is 0.238 e. The van der Waals surface area contributed by atoms with Gasteiger partial charge in [-0.05, 0) is 66.7 Å². The van der Waals surface area contributed by atoms with Crippen molar-refractivity contribution in [1.29, 1.82) is 0 Å². The molecular weight excluding hydrogens is 1810 g/mol. The Labute approximate surface area is 836 Å². The molecule has 0 saturated carbocycles. The van der Waals surface area contributed by atoms with E-state index in [1.54, 1.807) is 0 Å². The monoisotopic (exact) mass is 1890 g/mol. The molecule has 147 heavy (non-hydrogen) atoms. The SMILES string of the molecule is c1ccc(-c2cc(-n3c4ccccc4c4c5oc(-c6ccccc6)cc5c5c6ccccc6oc5c43)nc(-c3ccccc3)n2)cc1.c1ccc(-c2nc(-c3ccccc3)nc(-c3cccc(-n4c5ccccc5c5c6oc(-c7ccccc7)cc6c6c7ccccc7oc6c54)c3)n2)cc1.c1ccc(-c2nc(-c3ccccc3)nc(-n3c4ccccc4c4c5oc(-c6ccccc6)cc5c5c6ccccc6oc5c43)n2)cc1. The lowest BCUT2D eigenvalue weighted by Crippen LogP contribution is -2.06. The molecule has 17 heteroatoms. The molecular formula is C130H77N11O6. The second kappa shape index (κ2) is 34.3. The fourth-order valence-electron chi connectivity index (χ4n) is 21.4. The maximum atomic E-state index is 6.87. The van der Waals surface area contributed by atoms with Crippen molar-refractivity contribution >= 4 is 164 Å². The van der Waals surface area contributed by atoms with Gasteiger partial charge in [0.25, 0.3) is 0 Å². The highest BCUT2D eigenvalue weighted by Gasteiger charge is 2.33. The normalized spacial score (nSPS) is 11.8. The molecule has 31 rings (SSSR count). The highest BCUT2D eigenvalue weighted by Crippen LogP contribution is 2.53. The number of hydrogen-bond donors (Lipinski definition) is 0. The predicted octanol–water partition coefficient (Wildman–Crippen LogP) is 34.1. The van der Waals surface area contributed by atoms with Crippen molar-refractivity contribution in [2.45, 2.75) is 0 Å². The van der Waals surface area contributed by atoms with Crippen LogP contribution >= 0.6 is 0 Å². The molecule has 0 unspecified atom stereocenters. The van der Waals surface area contributed by atoms with Gasteiger partial charge in [0, 0.05) is 132 Å². The molecule has 0 N–H and O–H groups in total. The van der Waals surface area contributed by atoms with E-state index in [4.69, 9.17) is 66.4 Å². The van der Waals surface area contributed by atoms with Gasteiger partial charge in [-0.25, -0.2) is 29.9 Å². The molecule has 0 spiro atoms. The van der Waals surface area contributed by atoms with Gasteiger partial charge in [-0.3, -0.25) is 9.13 Å². The third kappa shape index (κ3) is 13.9. The van der Waals surface area contributed by atoms with E-state index in [0.29, 0.717) is 40.9 Å². The molecule has 0 amide bonds. The van der Waals surface area contributed by atoms with Crippen LogP contribution in [0.3, 0.4) is 0 Å². The molecule has 0 atom stereocenters. The second-order valence-electron chi connectivity index (χ2n) is 36.6. The van der Waals surface area contributed by atoms with E-state index in [1.807, 2.05) is 261 Å². The molecule has 19 aromatic carbocycles. The van der Waals surface area contributed by atoms with E-state index in [1.165, 1.54) is 0 Å². The van der Waals surface area contributed by atoms with Crippen LogP contribution in [0.15, 0.2) is 494 Å².